The van der Waals surface area contributed by atoms with Crippen LogP contribution in [0.15, 0.2) is 78.9 Å². The number of nitrogens with one attached hydrogen (secondary N) is 1. The number of rotatable bonds is 10. The number of benzene rings is 3. The van der Waals surface area contributed by atoms with Gasteiger partial charge in [0.25, 0.3) is 0 Å². The second-order valence-corrected chi connectivity index (χ2v) is 10.2. The molecule has 36 heavy (non-hydrogen) atoms. The van der Waals surface area contributed by atoms with Crippen molar-refractivity contribution >= 4 is 11.8 Å². The van der Waals surface area contributed by atoms with E-state index in [1.54, 1.807) is 0 Å². The van der Waals surface area contributed by atoms with E-state index in [2.05, 4.69) is 67.7 Å². The summed E-state index contributed by atoms with van der Waals surface area (Å²) in [4.78, 5) is 29.3. The average Bonchev–Trinajstić information content (AvgIpc) is 3.40. The van der Waals surface area contributed by atoms with Gasteiger partial charge in [0.05, 0.1) is 0 Å². The highest BCUT2D eigenvalue weighted by atomic mass is 16.2. The van der Waals surface area contributed by atoms with Crippen molar-refractivity contribution in [3.8, 4) is 0 Å². The average molecular weight is 483 g/mol. The molecule has 2 amide bonds. The van der Waals surface area contributed by atoms with Gasteiger partial charge in [0.1, 0.15) is 6.04 Å². The standard InChI is InChI=1S/C32H38N2O2/c1-24-12-16-26(17-13-24)20-21-31(35)34(23-28-18-14-25(2)15-19-28)30(22-27-8-4-3-5-9-27)32(36)33-29-10-6-7-11-29/h3-5,8-9,12-19,29-30H,6-7,10-11,20-23H2,1-2H3,(H,33,36). The molecule has 0 bridgehead atoms. The Kier molecular flexibility index (Phi) is 8.94. The normalized spacial score (nSPS) is 14.4. The van der Waals surface area contributed by atoms with Crippen LogP contribution in [0.4, 0.5) is 0 Å². The zero-order chi connectivity index (χ0) is 25.3. The highest BCUT2D eigenvalue weighted by Gasteiger charge is 2.32. The quantitative estimate of drug-likeness (QED) is 0.389. The molecule has 0 spiro atoms. The summed E-state index contributed by atoms with van der Waals surface area (Å²) in [5.41, 5.74) is 5.62. The Labute approximate surface area is 215 Å². The lowest BCUT2D eigenvalue weighted by molar-refractivity contribution is -0.141. The Morgan fingerprint density at radius 3 is 2.00 bits per heavy atom. The molecule has 1 unspecified atom stereocenters. The lowest BCUT2D eigenvalue weighted by Crippen LogP contribution is -2.52. The molecule has 1 aliphatic carbocycles. The third-order valence-corrected chi connectivity index (χ3v) is 7.19. The molecule has 0 aromatic heterocycles. The molecule has 1 saturated carbocycles. The molecule has 1 aliphatic rings. The van der Waals surface area contributed by atoms with E-state index in [1.807, 2.05) is 35.2 Å². The monoisotopic (exact) mass is 482 g/mol. The SMILES string of the molecule is Cc1ccc(CCC(=O)N(Cc2ccc(C)cc2)C(Cc2ccccc2)C(=O)NC2CCCC2)cc1. The van der Waals surface area contributed by atoms with Gasteiger partial charge >= 0.3 is 0 Å². The van der Waals surface area contributed by atoms with Crippen molar-refractivity contribution in [3.63, 3.8) is 0 Å². The minimum atomic E-state index is -0.556. The van der Waals surface area contributed by atoms with Gasteiger partial charge < -0.3 is 10.2 Å². The van der Waals surface area contributed by atoms with Crippen molar-refractivity contribution in [2.75, 3.05) is 0 Å². The highest BCUT2D eigenvalue weighted by Crippen LogP contribution is 2.21. The zero-order valence-electron chi connectivity index (χ0n) is 21.6. The van der Waals surface area contributed by atoms with Gasteiger partial charge in [0, 0.05) is 25.4 Å². The zero-order valence-corrected chi connectivity index (χ0v) is 21.6. The van der Waals surface area contributed by atoms with E-state index < -0.39 is 6.04 Å². The topological polar surface area (TPSA) is 49.4 Å². The van der Waals surface area contributed by atoms with Crippen LogP contribution in [0.1, 0.15) is 59.9 Å². The van der Waals surface area contributed by atoms with E-state index >= 15 is 0 Å². The number of nitrogens with zero attached hydrogens (tertiary/aromatic N) is 1. The molecule has 4 rings (SSSR count). The Balaban J connectivity index is 1.59. The summed E-state index contributed by atoms with van der Waals surface area (Å²) >= 11 is 0. The van der Waals surface area contributed by atoms with E-state index in [0.717, 1.165) is 42.4 Å². The van der Waals surface area contributed by atoms with Gasteiger partial charge in [0.2, 0.25) is 11.8 Å². The minimum Gasteiger partial charge on any atom is -0.352 e. The maximum Gasteiger partial charge on any atom is 0.243 e. The molecule has 4 nitrogen and oxygen atoms in total. The molecular weight excluding hydrogens is 444 g/mol. The number of hydrogen-bond donors (Lipinski definition) is 1. The van der Waals surface area contributed by atoms with Gasteiger partial charge in [0.15, 0.2) is 0 Å². The van der Waals surface area contributed by atoms with Crippen molar-refractivity contribution in [2.45, 2.75) is 77.4 Å². The van der Waals surface area contributed by atoms with Crippen molar-refractivity contribution in [1.82, 2.24) is 10.2 Å². The summed E-state index contributed by atoms with van der Waals surface area (Å²) in [5.74, 6) is -0.0276. The van der Waals surface area contributed by atoms with Crippen LogP contribution in [-0.2, 0) is 29.0 Å². The molecule has 3 aromatic rings. The van der Waals surface area contributed by atoms with Gasteiger partial charge in [-0.15, -0.1) is 0 Å². The first-order chi connectivity index (χ1) is 17.5. The molecule has 4 heteroatoms. The van der Waals surface area contributed by atoms with E-state index in [4.69, 9.17) is 0 Å². The van der Waals surface area contributed by atoms with Gasteiger partial charge in [-0.05, 0) is 49.8 Å². The fourth-order valence-electron chi connectivity index (χ4n) is 4.96. The van der Waals surface area contributed by atoms with Gasteiger partial charge in [-0.25, -0.2) is 0 Å². The van der Waals surface area contributed by atoms with Crippen LogP contribution < -0.4 is 5.32 Å². The summed E-state index contributed by atoms with van der Waals surface area (Å²) in [6, 6.07) is 26.3. The Morgan fingerprint density at radius 2 is 1.39 bits per heavy atom. The first-order valence-corrected chi connectivity index (χ1v) is 13.2. The summed E-state index contributed by atoms with van der Waals surface area (Å²) in [6.07, 6.45) is 5.87. The van der Waals surface area contributed by atoms with Crippen LogP contribution in [0.3, 0.4) is 0 Å². The van der Waals surface area contributed by atoms with Gasteiger partial charge in [-0.3, -0.25) is 9.59 Å². The molecule has 1 fully saturated rings. The van der Waals surface area contributed by atoms with Crippen LogP contribution in [0, 0.1) is 13.8 Å². The third-order valence-electron chi connectivity index (χ3n) is 7.19. The Morgan fingerprint density at radius 1 is 0.806 bits per heavy atom. The molecule has 0 radical (unpaired) electrons. The number of hydrogen-bond acceptors (Lipinski definition) is 2. The van der Waals surface area contributed by atoms with Crippen molar-refractivity contribution in [1.29, 1.82) is 0 Å². The predicted molar refractivity (Wildman–Crippen MR) is 146 cm³/mol. The third kappa shape index (κ3) is 7.30. The fraction of sp³-hybridized carbons (Fsp3) is 0.375. The van der Waals surface area contributed by atoms with Crippen LogP contribution in [-0.4, -0.2) is 28.8 Å². The predicted octanol–water partition coefficient (Wildman–Crippen LogP) is 5.93. The van der Waals surface area contributed by atoms with E-state index in [9.17, 15) is 9.59 Å². The van der Waals surface area contributed by atoms with Crippen LogP contribution in [0.25, 0.3) is 0 Å². The molecule has 1 N–H and O–H groups in total. The van der Waals surface area contributed by atoms with Crippen molar-refractivity contribution < 1.29 is 9.59 Å². The molecule has 1 atom stereocenters. The highest BCUT2D eigenvalue weighted by molar-refractivity contribution is 5.88. The summed E-state index contributed by atoms with van der Waals surface area (Å²) in [5, 5.41) is 3.28. The summed E-state index contributed by atoms with van der Waals surface area (Å²) in [6.45, 7) is 4.54. The molecule has 3 aromatic carbocycles. The van der Waals surface area contributed by atoms with Crippen molar-refractivity contribution in [3.05, 3.63) is 107 Å². The summed E-state index contributed by atoms with van der Waals surface area (Å²) in [7, 11) is 0. The molecular formula is C32H38N2O2. The number of amides is 2. The minimum absolute atomic E-state index is 0.0126. The van der Waals surface area contributed by atoms with Crippen LogP contribution in [0.5, 0.6) is 0 Å². The number of carbonyl (C=O) groups excluding carboxylic acids is 2. The lowest BCUT2D eigenvalue weighted by atomic mass is 10.0. The van der Waals surface area contributed by atoms with Gasteiger partial charge in [-0.1, -0.05) is 103 Å². The van der Waals surface area contributed by atoms with Crippen LogP contribution >= 0.6 is 0 Å². The second-order valence-electron chi connectivity index (χ2n) is 10.2. The smallest absolute Gasteiger partial charge is 0.243 e. The molecule has 0 heterocycles. The lowest BCUT2D eigenvalue weighted by Gasteiger charge is -2.32. The number of carbonyl (C=O) groups is 2. The molecule has 188 valence electrons. The van der Waals surface area contributed by atoms with E-state index in [0.29, 0.717) is 25.8 Å². The largest absolute Gasteiger partial charge is 0.352 e. The fourth-order valence-corrected chi connectivity index (χ4v) is 4.96. The maximum absolute atomic E-state index is 13.8. The van der Waals surface area contributed by atoms with Crippen LogP contribution in [0.2, 0.25) is 0 Å². The summed E-state index contributed by atoms with van der Waals surface area (Å²) < 4.78 is 0. The second kappa shape index (κ2) is 12.5. The van der Waals surface area contributed by atoms with E-state index in [-0.39, 0.29) is 17.9 Å². The van der Waals surface area contributed by atoms with E-state index in [1.165, 1.54) is 11.1 Å². The molecule has 0 aliphatic heterocycles. The molecule has 0 saturated heterocycles. The number of aryl methyl sites for hydroxylation is 3. The maximum atomic E-state index is 13.8. The first kappa shape index (κ1) is 25.7. The van der Waals surface area contributed by atoms with Crippen molar-refractivity contribution in [2.24, 2.45) is 0 Å². The van der Waals surface area contributed by atoms with Gasteiger partial charge in [-0.2, -0.15) is 0 Å². The Hall–Kier alpha value is -3.40. The first-order valence-electron chi connectivity index (χ1n) is 13.2. The Bertz CT molecular complexity index is 1120.